The van der Waals surface area contributed by atoms with Crippen LogP contribution in [-0.2, 0) is 10.0 Å². The molecule has 0 bridgehead atoms. The largest absolute Gasteiger partial charge is 0.495 e. The number of hydrogen-bond donors (Lipinski definition) is 2. The summed E-state index contributed by atoms with van der Waals surface area (Å²) in [7, 11) is -2.14. The van der Waals surface area contributed by atoms with Crippen LogP contribution < -0.4 is 15.2 Å². The van der Waals surface area contributed by atoms with Crippen LogP contribution in [0.1, 0.15) is 32.1 Å². The van der Waals surface area contributed by atoms with Crippen molar-refractivity contribution in [3.05, 3.63) is 24.3 Å². The Balaban J connectivity index is 0.00000220. The zero-order valence-electron chi connectivity index (χ0n) is 12.2. The van der Waals surface area contributed by atoms with Crippen LogP contribution in [0.2, 0.25) is 0 Å². The maximum absolute atomic E-state index is 12.4. The monoisotopic (exact) mass is 334 g/mol. The Morgan fingerprint density at radius 2 is 1.86 bits per heavy atom. The van der Waals surface area contributed by atoms with E-state index in [0.717, 1.165) is 25.7 Å². The molecule has 7 heteroatoms. The lowest BCUT2D eigenvalue weighted by atomic mass is 9.83. The summed E-state index contributed by atoms with van der Waals surface area (Å²) in [5.74, 6) is 0.342. The van der Waals surface area contributed by atoms with Crippen LogP contribution in [0.4, 0.5) is 0 Å². The van der Waals surface area contributed by atoms with Gasteiger partial charge in [-0.3, -0.25) is 0 Å². The van der Waals surface area contributed by atoms with Gasteiger partial charge in [0, 0.05) is 12.1 Å². The van der Waals surface area contributed by atoms with E-state index in [4.69, 9.17) is 10.5 Å². The standard InChI is InChI=1S/C14H22N2O3S.ClH/c1-19-12-7-3-4-8-13(12)20(17,18)16-11-14(15)9-5-2-6-10-14;/h3-4,7-8,16H,2,5-6,9-11,15H2,1H3;1H. The molecule has 1 aromatic rings. The fraction of sp³-hybridized carbons (Fsp3) is 0.571. The lowest BCUT2D eigenvalue weighted by Gasteiger charge is -2.33. The van der Waals surface area contributed by atoms with Gasteiger partial charge in [0.15, 0.2) is 0 Å². The van der Waals surface area contributed by atoms with Crippen LogP contribution in [0.3, 0.4) is 0 Å². The van der Waals surface area contributed by atoms with Gasteiger partial charge < -0.3 is 10.5 Å². The summed E-state index contributed by atoms with van der Waals surface area (Å²) in [6.07, 6.45) is 5.03. The van der Waals surface area contributed by atoms with E-state index in [0.29, 0.717) is 5.75 Å². The highest BCUT2D eigenvalue weighted by Gasteiger charge is 2.30. The summed E-state index contributed by atoms with van der Waals surface area (Å²) in [4.78, 5) is 0.155. The maximum atomic E-state index is 12.4. The van der Waals surface area contributed by atoms with E-state index in [1.165, 1.54) is 19.6 Å². The molecule has 5 nitrogen and oxygen atoms in total. The highest BCUT2D eigenvalue weighted by atomic mass is 35.5. The van der Waals surface area contributed by atoms with Crippen LogP contribution >= 0.6 is 12.4 Å². The van der Waals surface area contributed by atoms with Gasteiger partial charge in [-0.15, -0.1) is 12.4 Å². The van der Waals surface area contributed by atoms with Gasteiger partial charge in [-0.25, -0.2) is 13.1 Å². The second-order valence-electron chi connectivity index (χ2n) is 5.40. The van der Waals surface area contributed by atoms with Crippen molar-refractivity contribution in [3.8, 4) is 5.75 Å². The number of methoxy groups -OCH3 is 1. The normalized spacial score (nSPS) is 17.8. The predicted octanol–water partition coefficient (Wildman–Crippen LogP) is 2.06. The molecule has 1 aromatic carbocycles. The average Bonchev–Trinajstić information content (AvgIpc) is 2.46. The van der Waals surface area contributed by atoms with Crippen LogP contribution in [0.15, 0.2) is 29.2 Å². The fourth-order valence-corrected chi connectivity index (χ4v) is 3.90. The van der Waals surface area contributed by atoms with E-state index in [9.17, 15) is 8.42 Å². The molecule has 0 aliphatic heterocycles. The number of nitrogens with two attached hydrogens (primary N) is 1. The third-order valence-corrected chi connectivity index (χ3v) is 5.26. The molecule has 3 N–H and O–H groups in total. The molecule has 0 heterocycles. The molecule has 0 amide bonds. The number of rotatable bonds is 5. The van der Waals surface area contributed by atoms with Gasteiger partial charge in [-0.05, 0) is 25.0 Å². The summed E-state index contributed by atoms with van der Waals surface area (Å²) in [6, 6.07) is 6.58. The molecule has 0 radical (unpaired) electrons. The van der Waals surface area contributed by atoms with Crippen molar-refractivity contribution in [2.24, 2.45) is 5.73 Å². The Kier molecular flexibility index (Phi) is 6.46. The maximum Gasteiger partial charge on any atom is 0.244 e. The van der Waals surface area contributed by atoms with Gasteiger partial charge >= 0.3 is 0 Å². The number of para-hydroxylation sites is 1. The van der Waals surface area contributed by atoms with Crippen molar-refractivity contribution in [2.45, 2.75) is 42.5 Å². The van der Waals surface area contributed by atoms with E-state index >= 15 is 0 Å². The number of halogens is 1. The van der Waals surface area contributed by atoms with Crippen molar-refractivity contribution >= 4 is 22.4 Å². The van der Waals surface area contributed by atoms with Crippen molar-refractivity contribution < 1.29 is 13.2 Å². The minimum Gasteiger partial charge on any atom is -0.495 e. The fourth-order valence-electron chi connectivity index (χ4n) is 2.59. The lowest BCUT2D eigenvalue weighted by Crippen LogP contribution is -2.51. The van der Waals surface area contributed by atoms with Crippen molar-refractivity contribution in [3.63, 3.8) is 0 Å². The summed E-state index contributed by atoms with van der Waals surface area (Å²) >= 11 is 0. The van der Waals surface area contributed by atoms with Gasteiger partial charge in [-0.1, -0.05) is 31.4 Å². The second kappa shape index (κ2) is 7.45. The SMILES string of the molecule is COc1ccccc1S(=O)(=O)NCC1(N)CCCCC1.Cl. The summed E-state index contributed by atoms with van der Waals surface area (Å²) in [6.45, 7) is 0.271. The van der Waals surface area contributed by atoms with Crippen LogP contribution in [0, 0.1) is 0 Å². The van der Waals surface area contributed by atoms with Gasteiger partial charge in [0.25, 0.3) is 0 Å². The van der Waals surface area contributed by atoms with Gasteiger partial charge in [0.05, 0.1) is 7.11 Å². The molecule has 1 fully saturated rings. The first-order valence-electron chi connectivity index (χ1n) is 6.88. The zero-order valence-corrected chi connectivity index (χ0v) is 13.8. The van der Waals surface area contributed by atoms with Crippen molar-refractivity contribution in [2.75, 3.05) is 13.7 Å². The molecule has 0 aromatic heterocycles. The topological polar surface area (TPSA) is 81.4 Å². The first-order valence-corrected chi connectivity index (χ1v) is 8.37. The van der Waals surface area contributed by atoms with E-state index in [2.05, 4.69) is 4.72 Å². The minimum absolute atomic E-state index is 0. The third kappa shape index (κ3) is 4.57. The lowest BCUT2D eigenvalue weighted by molar-refractivity contribution is 0.296. The molecule has 21 heavy (non-hydrogen) atoms. The highest BCUT2D eigenvalue weighted by molar-refractivity contribution is 7.89. The van der Waals surface area contributed by atoms with E-state index in [-0.39, 0.29) is 23.8 Å². The predicted molar refractivity (Wildman–Crippen MR) is 85.4 cm³/mol. The molecule has 0 unspecified atom stereocenters. The zero-order chi connectivity index (χ0) is 14.6. The third-order valence-electron chi connectivity index (χ3n) is 3.82. The minimum atomic E-state index is -3.60. The average molecular weight is 335 g/mol. The molecule has 0 atom stereocenters. The number of benzene rings is 1. The van der Waals surface area contributed by atoms with Gasteiger partial charge in [-0.2, -0.15) is 0 Å². The highest BCUT2D eigenvalue weighted by Crippen LogP contribution is 2.27. The molecule has 1 aliphatic rings. The van der Waals surface area contributed by atoms with E-state index in [1.54, 1.807) is 18.2 Å². The number of sulfonamides is 1. The van der Waals surface area contributed by atoms with Crippen LogP contribution in [0.25, 0.3) is 0 Å². The van der Waals surface area contributed by atoms with Crippen LogP contribution in [0.5, 0.6) is 5.75 Å². The smallest absolute Gasteiger partial charge is 0.244 e. The van der Waals surface area contributed by atoms with E-state index < -0.39 is 15.6 Å². The summed E-state index contributed by atoms with van der Waals surface area (Å²) in [5.41, 5.74) is 5.83. The molecule has 2 rings (SSSR count). The number of nitrogens with one attached hydrogen (secondary N) is 1. The van der Waals surface area contributed by atoms with Crippen LogP contribution in [-0.4, -0.2) is 27.6 Å². The quantitative estimate of drug-likeness (QED) is 0.863. The van der Waals surface area contributed by atoms with E-state index in [1.807, 2.05) is 0 Å². The molecule has 1 saturated carbocycles. The molecule has 120 valence electrons. The first kappa shape index (κ1) is 18.2. The summed E-state index contributed by atoms with van der Waals surface area (Å²) < 4.78 is 32.4. The summed E-state index contributed by atoms with van der Waals surface area (Å²) in [5, 5.41) is 0. The van der Waals surface area contributed by atoms with Gasteiger partial charge in [0.1, 0.15) is 10.6 Å². The molecule has 0 spiro atoms. The Morgan fingerprint density at radius 3 is 2.48 bits per heavy atom. The second-order valence-corrected chi connectivity index (χ2v) is 7.13. The number of hydrogen-bond acceptors (Lipinski definition) is 4. The molecular weight excluding hydrogens is 312 g/mol. The Bertz CT molecular complexity index is 557. The molecule has 1 aliphatic carbocycles. The first-order chi connectivity index (χ1) is 9.47. The Hall–Kier alpha value is -0.820. The van der Waals surface area contributed by atoms with Crippen molar-refractivity contribution in [1.29, 1.82) is 0 Å². The molecular formula is C14H23ClN2O3S. The Labute approximate surface area is 132 Å². The van der Waals surface area contributed by atoms with Gasteiger partial charge in [0.2, 0.25) is 10.0 Å². The van der Waals surface area contributed by atoms with Crippen molar-refractivity contribution in [1.82, 2.24) is 4.72 Å². The Morgan fingerprint density at radius 1 is 1.24 bits per heavy atom. The molecule has 0 saturated heterocycles. The number of ether oxygens (including phenoxy) is 1.